The number of carboxylic acids is 1. The summed E-state index contributed by atoms with van der Waals surface area (Å²) < 4.78 is 0. The molecule has 3 rings (SSSR count). The zero-order chi connectivity index (χ0) is 18.1. The van der Waals surface area contributed by atoms with Gasteiger partial charge in [-0.2, -0.15) is 0 Å². The van der Waals surface area contributed by atoms with Gasteiger partial charge in [0.05, 0.1) is 5.92 Å². The summed E-state index contributed by atoms with van der Waals surface area (Å²) in [6.07, 6.45) is 1.73. The van der Waals surface area contributed by atoms with E-state index in [4.69, 9.17) is 0 Å². The Morgan fingerprint density at radius 2 is 1.92 bits per heavy atom. The molecular formula is C20H24N2O3. The van der Waals surface area contributed by atoms with E-state index in [9.17, 15) is 14.7 Å². The summed E-state index contributed by atoms with van der Waals surface area (Å²) in [5, 5.41) is 9.67. The standard InChI is InChI=1S/C20H24N2O3/c1-12-6-4-5-7-15(12)16-9-22(10-17(16)20(24)25)11-18-14(3)19(23)13(2)8-21-18/h4-8,16-17H,9-11H2,1-3H3,(H,21,23)(H,24,25)/t16-,17+/m0/s1. The van der Waals surface area contributed by atoms with Gasteiger partial charge in [0.2, 0.25) is 0 Å². The van der Waals surface area contributed by atoms with E-state index < -0.39 is 11.9 Å². The second kappa shape index (κ2) is 6.84. The van der Waals surface area contributed by atoms with Crippen LogP contribution in [0, 0.1) is 26.7 Å². The molecule has 132 valence electrons. The normalized spacial score (nSPS) is 20.8. The van der Waals surface area contributed by atoms with Crippen LogP contribution < -0.4 is 5.43 Å². The van der Waals surface area contributed by atoms with Crippen molar-refractivity contribution >= 4 is 5.97 Å². The van der Waals surface area contributed by atoms with E-state index in [1.54, 1.807) is 13.1 Å². The van der Waals surface area contributed by atoms with Gasteiger partial charge in [0.15, 0.2) is 5.43 Å². The number of hydrogen-bond acceptors (Lipinski definition) is 3. The van der Waals surface area contributed by atoms with E-state index in [-0.39, 0.29) is 11.3 Å². The number of rotatable bonds is 4. The van der Waals surface area contributed by atoms with Gasteiger partial charge >= 0.3 is 5.97 Å². The maximum absolute atomic E-state index is 12.1. The van der Waals surface area contributed by atoms with Crippen molar-refractivity contribution in [3.8, 4) is 0 Å². The number of pyridine rings is 1. The third-order valence-electron chi connectivity index (χ3n) is 5.30. The lowest BCUT2D eigenvalue weighted by atomic mass is 9.86. The molecule has 0 bridgehead atoms. The number of aromatic amines is 1. The molecule has 2 atom stereocenters. The Bertz CT molecular complexity index is 856. The molecule has 25 heavy (non-hydrogen) atoms. The van der Waals surface area contributed by atoms with Crippen molar-refractivity contribution in [2.45, 2.75) is 33.2 Å². The molecule has 0 radical (unpaired) electrons. The first-order valence-corrected chi connectivity index (χ1v) is 8.57. The minimum absolute atomic E-state index is 0.0313. The predicted molar refractivity (Wildman–Crippen MR) is 96.9 cm³/mol. The summed E-state index contributed by atoms with van der Waals surface area (Å²) in [6, 6.07) is 7.99. The van der Waals surface area contributed by atoms with Crippen LogP contribution in [0.1, 0.15) is 33.9 Å². The quantitative estimate of drug-likeness (QED) is 0.897. The van der Waals surface area contributed by atoms with Crippen LogP contribution in [0.15, 0.2) is 35.3 Å². The van der Waals surface area contributed by atoms with Crippen molar-refractivity contribution in [1.82, 2.24) is 9.88 Å². The first-order valence-electron chi connectivity index (χ1n) is 8.57. The van der Waals surface area contributed by atoms with Crippen LogP contribution >= 0.6 is 0 Å². The van der Waals surface area contributed by atoms with Crippen molar-refractivity contribution < 1.29 is 9.90 Å². The first kappa shape index (κ1) is 17.4. The molecule has 0 aliphatic carbocycles. The highest BCUT2D eigenvalue weighted by Crippen LogP contribution is 2.35. The van der Waals surface area contributed by atoms with Gasteiger partial charge in [-0.25, -0.2) is 0 Å². The maximum atomic E-state index is 12.1. The number of nitrogens with one attached hydrogen (secondary N) is 1. The zero-order valence-electron chi connectivity index (χ0n) is 14.9. The molecule has 1 aromatic heterocycles. The number of nitrogens with zero attached hydrogens (tertiary/aromatic N) is 1. The van der Waals surface area contributed by atoms with Crippen LogP contribution in [0.5, 0.6) is 0 Å². The zero-order valence-corrected chi connectivity index (χ0v) is 14.9. The monoisotopic (exact) mass is 340 g/mol. The van der Waals surface area contributed by atoms with Gasteiger partial charge in [0, 0.05) is 48.6 Å². The Morgan fingerprint density at radius 3 is 2.60 bits per heavy atom. The number of benzene rings is 1. The molecule has 1 aliphatic heterocycles. The highest BCUT2D eigenvalue weighted by molar-refractivity contribution is 5.72. The molecule has 2 N–H and O–H groups in total. The molecule has 0 unspecified atom stereocenters. The molecule has 2 aromatic rings. The molecule has 5 nitrogen and oxygen atoms in total. The molecule has 0 amide bonds. The SMILES string of the molecule is Cc1ccccc1[C@@H]1CN(Cc2[nH]cc(C)c(=O)c2C)C[C@H]1C(=O)O. The van der Waals surface area contributed by atoms with Gasteiger partial charge in [-0.1, -0.05) is 24.3 Å². The summed E-state index contributed by atoms with van der Waals surface area (Å²) in [5.74, 6) is -1.22. The first-order chi connectivity index (χ1) is 11.9. The molecule has 1 saturated heterocycles. The van der Waals surface area contributed by atoms with Gasteiger partial charge in [0.1, 0.15) is 0 Å². The minimum Gasteiger partial charge on any atom is -0.481 e. The Kier molecular flexibility index (Phi) is 4.77. The summed E-state index contributed by atoms with van der Waals surface area (Å²) in [6.45, 7) is 7.37. The van der Waals surface area contributed by atoms with Gasteiger partial charge in [0.25, 0.3) is 0 Å². The van der Waals surface area contributed by atoms with Gasteiger partial charge in [-0.3, -0.25) is 14.5 Å². The Hall–Kier alpha value is -2.40. The third kappa shape index (κ3) is 3.37. The van der Waals surface area contributed by atoms with Crippen molar-refractivity contribution in [2.75, 3.05) is 13.1 Å². The van der Waals surface area contributed by atoms with Gasteiger partial charge in [-0.15, -0.1) is 0 Å². The maximum Gasteiger partial charge on any atom is 0.308 e. The largest absolute Gasteiger partial charge is 0.481 e. The van der Waals surface area contributed by atoms with Crippen molar-refractivity contribution in [1.29, 1.82) is 0 Å². The second-order valence-electron chi connectivity index (χ2n) is 7.01. The number of aromatic nitrogens is 1. The average molecular weight is 340 g/mol. The number of carboxylic acid groups (broad SMARTS) is 1. The fourth-order valence-corrected chi connectivity index (χ4v) is 3.77. The summed E-state index contributed by atoms with van der Waals surface area (Å²) in [5.41, 5.74) is 4.56. The number of aryl methyl sites for hydroxylation is 2. The lowest BCUT2D eigenvalue weighted by molar-refractivity contribution is -0.141. The number of likely N-dealkylation sites (tertiary alicyclic amines) is 1. The lowest BCUT2D eigenvalue weighted by Gasteiger charge is -2.18. The molecule has 0 saturated carbocycles. The van der Waals surface area contributed by atoms with Gasteiger partial charge < -0.3 is 10.1 Å². The van der Waals surface area contributed by atoms with E-state index in [0.29, 0.717) is 30.8 Å². The average Bonchev–Trinajstić information content (AvgIpc) is 3.00. The molecular weight excluding hydrogens is 316 g/mol. The van der Waals surface area contributed by atoms with Crippen molar-refractivity contribution in [3.63, 3.8) is 0 Å². The second-order valence-corrected chi connectivity index (χ2v) is 7.01. The topological polar surface area (TPSA) is 73.4 Å². The number of carbonyl (C=O) groups is 1. The van der Waals surface area contributed by atoms with Crippen LogP contribution in [0.4, 0.5) is 0 Å². The summed E-state index contributed by atoms with van der Waals surface area (Å²) >= 11 is 0. The highest BCUT2D eigenvalue weighted by atomic mass is 16.4. The minimum atomic E-state index is -0.759. The molecule has 2 heterocycles. The molecule has 1 aromatic carbocycles. The van der Waals surface area contributed by atoms with E-state index in [0.717, 1.165) is 16.8 Å². The number of aliphatic carboxylic acids is 1. The molecule has 0 spiro atoms. The van der Waals surface area contributed by atoms with Crippen LogP contribution in [0.3, 0.4) is 0 Å². The third-order valence-corrected chi connectivity index (χ3v) is 5.30. The van der Waals surface area contributed by atoms with Crippen LogP contribution in [-0.4, -0.2) is 34.0 Å². The highest BCUT2D eigenvalue weighted by Gasteiger charge is 2.39. The van der Waals surface area contributed by atoms with Crippen LogP contribution in [0.25, 0.3) is 0 Å². The fourth-order valence-electron chi connectivity index (χ4n) is 3.77. The lowest BCUT2D eigenvalue weighted by Crippen LogP contribution is -2.25. The fraction of sp³-hybridized carbons (Fsp3) is 0.400. The Labute approximate surface area is 147 Å². The van der Waals surface area contributed by atoms with Crippen LogP contribution in [-0.2, 0) is 11.3 Å². The molecule has 1 aliphatic rings. The summed E-state index contributed by atoms with van der Waals surface area (Å²) in [7, 11) is 0. The van der Waals surface area contributed by atoms with E-state index in [2.05, 4.69) is 9.88 Å². The Balaban J connectivity index is 1.86. The number of H-pyrrole nitrogens is 1. The summed E-state index contributed by atoms with van der Waals surface area (Å²) in [4.78, 5) is 29.2. The van der Waals surface area contributed by atoms with E-state index in [1.807, 2.05) is 38.1 Å². The van der Waals surface area contributed by atoms with Crippen molar-refractivity contribution in [3.05, 3.63) is 68.6 Å². The van der Waals surface area contributed by atoms with Crippen LogP contribution in [0.2, 0.25) is 0 Å². The smallest absolute Gasteiger partial charge is 0.308 e. The molecule has 5 heteroatoms. The van der Waals surface area contributed by atoms with E-state index in [1.165, 1.54) is 0 Å². The molecule has 1 fully saturated rings. The Morgan fingerprint density at radius 1 is 1.20 bits per heavy atom. The predicted octanol–water partition coefficient (Wildman–Crippen LogP) is 2.60. The van der Waals surface area contributed by atoms with Crippen molar-refractivity contribution in [2.24, 2.45) is 5.92 Å². The van der Waals surface area contributed by atoms with Gasteiger partial charge in [-0.05, 0) is 31.9 Å². The van der Waals surface area contributed by atoms with E-state index >= 15 is 0 Å². The number of hydrogen-bond donors (Lipinski definition) is 2.